The molecule has 2 aliphatic heterocycles. The average molecular weight is 429 g/mol. The summed E-state index contributed by atoms with van der Waals surface area (Å²) in [5.74, 6) is 0.827. The maximum atomic E-state index is 12.9. The first-order valence-corrected chi connectivity index (χ1v) is 11.4. The summed E-state index contributed by atoms with van der Waals surface area (Å²) >= 11 is 0. The zero-order valence-corrected chi connectivity index (χ0v) is 17.4. The standard InChI is InChI=1S/C22H24N2O5S/c1-16-8-10-24(11-9-16)22(25)17-4-2-5-18(14-17)23-30(26,27)19-6-7-20-21(15-19)29-13-3-12-28-20/h2,4-7,14-15,23H,1,3,8-13H2. The van der Waals surface area contributed by atoms with Crippen LogP contribution in [0.2, 0.25) is 0 Å². The monoisotopic (exact) mass is 428 g/mol. The number of carbonyl (C=O) groups excluding carboxylic acids is 1. The Balaban J connectivity index is 1.52. The minimum atomic E-state index is -3.86. The van der Waals surface area contributed by atoms with Crippen LogP contribution in [0.3, 0.4) is 0 Å². The molecule has 7 nitrogen and oxygen atoms in total. The number of carbonyl (C=O) groups is 1. The lowest BCUT2D eigenvalue weighted by Crippen LogP contribution is -2.36. The quantitative estimate of drug-likeness (QED) is 0.754. The van der Waals surface area contributed by atoms with Crippen molar-refractivity contribution >= 4 is 21.6 Å². The van der Waals surface area contributed by atoms with Gasteiger partial charge in [-0.25, -0.2) is 8.42 Å². The van der Waals surface area contributed by atoms with E-state index in [1.165, 1.54) is 12.1 Å². The Morgan fingerprint density at radius 1 is 1.00 bits per heavy atom. The van der Waals surface area contributed by atoms with Gasteiger partial charge in [-0.2, -0.15) is 0 Å². The van der Waals surface area contributed by atoms with Gasteiger partial charge in [-0.15, -0.1) is 0 Å². The molecule has 0 spiro atoms. The highest BCUT2D eigenvalue weighted by atomic mass is 32.2. The van der Waals surface area contributed by atoms with Gasteiger partial charge in [0.1, 0.15) is 0 Å². The average Bonchev–Trinajstić information content (AvgIpc) is 2.98. The van der Waals surface area contributed by atoms with E-state index in [4.69, 9.17) is 9.47 Å². The summed E-state index contributed by atoms with van der Waals surface area (Å²) in [7, 11) is -3.86. The lowest BCUT2D eigenvalue weighted by atomic mass is 10.0. The number of ether oxygens (including phenoxy) is 2. The molecule has 0 saturated carbocycles. The van der Waals surface area contributed by atoms with Crippen LogP contribution in [-0.2, 0) is 10.0 Å². The molecule has 1 saturated heterocycles. The number of fused-ring (bicyclic) bond motifs is 1. The van der Waals surface area contributed by atoms with E-state index in [2.05, 4.69) is 11.3 Å². The van der Waals surface area contributed by atoms with Crippen molar-refractivity contribution < 1.29 is 22.7 Å². The normalized spacial score (nSPS) is 16.7. The summed E-state index contributed by atoms with van der Waals surface area (Å²) in [4.78, 5) is 14.6. The number of rotatable bonds is 4. The Kier molecular flexibility index (Phi) is 5.67. The van der Waals surface area contributed by atoms with Gasteiger partial charge in [0.15, 0.2) is 11.5 Å². The number of nitrogens with zero attached hydrogens (tertiary/aromatic N) is 1. The summed E-state index contributed by atoms with van der Waals surface area (Å²) in [5, 5.41) is 0. The first-order chi connectivity index (χ1) is 14.4. The van der Waals surface area contributed by atoms with Gasteiger partial charge in [0, 0.05) is 36.8 Å². The Morgan fingerprint density at radius 2 is 1.73 bits per heavy atom. The van der Waals surface area contributed by atoms with Crippen molar-refractivity contribution in [3.63, 3.8) is 0 Å². The molecular weight excluding hydrogens is 404 g/mol. The van der Waals surface area contributed by atoms with Gasteiger partial charge in [-0.3, -0.25) is 9.52 Å². The van der Waals surface area contributed by atoms with Crippen LogP contribution in [0.25, 0.3) is 0 Å². The van der Waals surface area contributed by atoms with Gasteiger partial charge in [-0.1, -0.05) is 18.2 Å². The largest absolute Gasteiger partial charge is 0.490 e. The Morgan fingerprint density at radius 3 is 2.50 bits per heavy atom. The van der Waals surface area contributed by atoms with Gasteiger partial charge in [0.2, 0.25) is 0 Å². The SMILES string of the molecule is C=C1CCN(C(=O)c2cccc(NS(=O)(=O)c3ccc4c(c3)OCCCO4)c2)CC1. The summed E-state index contributed by atoms with van der Waals surface area (Å²) in [5.41, 5.74) is 1.92. The third-order valence-corrected chi connectivity index (χ3v) is 6.53. The molecule has 0 radical (unpaired) electrons. The molecule has 4 rings (SSSR count). The van der Waals surface area contributed by atoms with Crippen molar-refractivity contribution in [2.75, 3.05) is 31.0 Å². The number of amides is 1. The topological polar surface area (TPSA) is 84.9 Å². The maximum absolute atomic E-state index is 12.9. The van der Waals surface area contributed by atoms with Crippen LogP contribution < -0.4 is 14.2 Å². The molecule has 0 atom stereocenters. The fraction of sp³-hybridized carbons (Fsp3) is 0.318. The van der Waals surface area contributed by atoms with Gasteiger partial charge in [0.25, 0.3) is 15.9 Å². The molecule has 0 aromatic heterocycles. The van der Waals surface area contributed by atoms with E-state index in [1.54, 1.807) is 35.2 Å². The van der Waals surface area contributed by atoms with E-state index in [9.17, 15) is 13.2 Å². The second kappa shape index (κ2) is 8.39. The zero-order valence-electron chi connectivity index (χ0n) is 16.6. The summed E-state index contributed by atoms with van der Waals surface area (Å²) < 4.78 is 39.5. The van der Waals surface area contributed by atoms with Crippen molar-refractivity contribution in [2.45, 2.75) is 24.2 Å². The fourth-order valence-corrected chi connectivity index (χ4v) is 4.51. The zero-order chi connectivity index (χ0) is 21.1. The summed E-state index contributed by atoms with van der Waals surface area (Å²) in [6, 6.07) is 11.1. The van der Waals surface area contributed by atoms with Crippen LogP contribution in [0.1, 0.15) is 29.6 Å². The van der Waals surface area contributed by atoms with Gasteiger partial charge in [-0.05, 0) is 43.2 Å². The molecule has 0 unspecified atom stereocenters. The molecule has 1 fully saturated rings. The van der Waals surface area contributed by atoms with Crippen molar-refractivity contribution in [1.82, 2.24) is 4.90 Å². The van der Waals surface area contributed by atoms with Crippen LogP contribution in [-0.4, -0.2) is 45.5 Å². The van der Waals surface area contributed by atoms with E-state index < -0.39 is 10.0 Å². The first-order valence-electron chi connectivity index (χ1n) is 9.91. The Hall–Kier alpha value is -3.00. The highest BCUT2D eigenvalue weighted by Crippen LogP contribution is 2.32. The molecule has 2 aromatic carbocycles. The van der Waals surface area contributed by atoms with Crippen molar-refractivity contribution in [1.29, 1.82) is 0 Å². The molecule has 1 amide bonds. The second-order valence-corrected chi connectivity index (χ2v) is 9.07. The smallest absolute Gasteiger partial charge is 0.262 e. The summed E-state index contributed by atoms with van der Waals surface area (Å²) in [6.07, 6.45) is 2.32. The minimum absolute atomic E-state index is 0.0676. The second-order valence-electron chi connectivity index (χ2n) is 7.39. The van der Waals surface area contributed by atoms with Crippen LogP contribution in [0.5, 0.6) is 11.5 Å². The highest BCUT2D eigenvalue weighted by Gasteiger charge is 2.22. The number of piperidine rings is 1. The van der Waals surface area contributed by atoms with Crippen molar-refractivity contribution in [3.05, 3.63) is 60.2 Å². The van der Waals surface area contributed by atoms with Crippen LogP contribution in [0.15, 0.2) is 59.5 Å². The number of hydrogen-bond donors (Lipinski definition) is 1. The Bertz CT molecular complexity index is 1070. The lowest BCUT2D eigenvalue weighted by molar-refractivity contribution is 0.0744. The third-order valence-electron chi connectivity index (χ3n) is 5.15. The van der Waals surface area contributed by atoms with E-state index in [0.29, 0.717) is 49.1 Å². The van der Waals surface area contributed by atoms with Gasteiger partial charge >= 0.3 is 0 Å². The molecule has 30 heavy (non-hydrogen) atoms. The predicted octanol–water partition coefficient (Wildman–Crippen LogP) is 3.44. The molecule has 2 aromatic rings. The van der Waals surface area contributed by atoms with Crippen LogP contribution in [0.4, 0.5) is 5.69 Å². The van der Waals surface area contributed by atoms with Crippen LogP contribution in [0, 0.1) is 0 Å². The number of benzene rings is 2. The molecule has 158 valence electrons. The number of sulfonamides is 1. The molecule has 0 bridgehead atoms. The molecule has 2 aliphatic rings. The number of likely N-dealkylation sites (tertiary alicyclic amines) is 1. The number of nitrogens with one attached hydrogen (secondary N) is 1. The molecule has 1 N–H and O–H groups in total. The Labute approximate surface area is 176 Å². The predicted molar refractivity (Wildman–Crippen MR) is 114 cm³/mol. The fourth-order valence-electron chi connectivity index (χ4n) is 3.45. The molecule has 2 heterocycles. The third kappa shape index (κ3) is 4.43. The number of hydrogen-bond acceptors (Lipinski definition) is 5. The molecular formula is C22H24N2O5S. The minimum Gasteiger partial charge on any atom is -0.490 e. The lowest BCUT2D eigenvalue weighted by Gasteiger charge is -2.28. The molecule has 8 heteroatoms. The first kappa shape index (κ1) is 20.3. The van der Waals surface area contributed by atoms with E-state index in [0.717, 1.165) is 24.8 Å². The van der Waals surface area contributed by atoms with Crippen molar-refractivity contribution in [3.8, 4) is 11.5 Å². The summed E-state index contributed by atoms with van der Waals surface area (Å²) in [6.45, 7) is 6.23. The van der Waals surface area contributed by atoms with E-state index in [1.807, 2.05) is 0 Å². The van der Waals surface area contributed by atoms with E-state index in [-0.39, 0.29) is 10.8 Å². The van der Waals surface area contributed by atoms with Gasteiger partial charge in [0.05, 0.1) is 18.1 Å². The van der Waals surface area contributed by atoms with E-state index >= 15 is 0 Å². The molecule has 0 aliphatic carbocycles. The van der Waals surface area contributed by atoms with Crippen molar-refractivity contribution in [2.24, 2.45) is 0 Å². The maximum Gasteiger partial charge on any atom is 0.262 e. The van der Waals surface area contributed by atoms with Crippen LogP contribution >= 0.6 is 0 Å². The number of anilines is 1. The van der Waals surface area contributed by atoms with Gasteiger partial charge < -0.3 is 14.4 Å². The highest BCUT2D eigenvalue weighted by molar-refractivity contribution is 7.92.